The predicted molar refractivity (Wildman–Crippen MR) is 91.4 cm³/mol. The lowest BCUT2D eigenvalue weighted by Crippen LogP contribution is -2.47. The van der Waals surface area contributed by atoms with E-state index < -0.39 is 5.60 Å². The second-order valence-electron chi connectivity index (χ2n) is 7.59. The molecular formula is C19H28FNO3. The maximum Gasteiger partial charge on any atom is 0.410 e. The zero-order chi connectivity index (χ0) is 17.8. The van der Waals surface area contributed by atoms with Crippen LogP contribution in [0, 0.1) is 5.82 Å². The van der Waals surface area contributed by atoms with Gasteiger partial charge in [-0.1, -0.05) is 12.1 Å². The zero-order valence-corrected chi connectivity index (χ0v) is 14.8. The number of aliphatic hydroxyl groups excluding tert-OH is 1. The fourth-order valence-electron chi connectivity index (χ4n) is 3.36. The highest BCUT2D eigenvalue weighted by Crippen LogP contribution is 2.40. The highest BCUT2D eigenvalue weighted by atomic mass is 19.1. The number of hydrogen-bond donors (Lipinski definition) is 1. The van der Waals surface area contributed by atoms with E-state index in [2.05, 4.69) is 0 Å². The molecule has 0 aromatic heterocycles. The second-order valence-corrected chi connectivity index (χ2v) is 7.59. The molecule has 1 aromatic rings. The van der Waals surface area contributed by atoms with Gasteiger partial charge in [-0.15, -0.1) is 0 Å². The molecule has 134 valence electrons. The first-order chi connectivity index (χ1) is 11.3. The lowest BCUT2D eigenvalue weighted by molar-refractivity contribution is 0.0155. The first kappa shape index (κ1) is 18.7. The van der Waals surface area contributed by atoms with E-state index in [4.69, 9.17) is 4.74 Å². The summed E-state index contributed by atoms with van der Waals surface area (Å²) in [7, 11) is 0. The SMILES string of the molecule is CC(C)(C)OC(=O)N1CCC(CCCO)(c2cccc(F)c2)CC1. The van der Waals surface area contributed by atoms with E-state index in [1.54, 1.807) is 17.0 Å². The Bertz CT molecular complexity index is 560. The fourth-order valence-corrected chi connectivity index (χ4v) is 3.36. The number of hydrogen-bond acceptors (Lipinski definition) is 3. The van der Waals surface area contributed by atoms with E-state index in [-0.39, 0.29) is 23.9 Å². The zero-order valence-electron chi connectivity index (χ0n) is 14.8. The van der Waals surface area contributed by atoms with Gasteiger partial charge in [0.1, 0.15) is 11.4 Å². The number of halogens is 1. The molecule has 24 heavy (non-hydrogen) atoms. The third kappa shape index (κ3) is 4.69. The molecule has 1 N–H and O–H groups in total. The van der Waals surface area contributed by atoms with Gasteiger partial charge in [-0.05, 0) is 69.6 Å². The number of benzene rings is 1. The van der Waals surface area contributed by atoms with Gasteiger partial charge in [-0.3, -0.25) is 0 Å². The van der Waals surface area contributed by atoms with Crippen LogP contribution in [0.3, 0.4) is 0 Å². The third-order valence-corrected chi connectivity index (χ3v) is 4.62. The maximum absolute atomic E-state index is 13.7. The molecule has 1 fully saturated rings. The Morgan fingerprint density at radius 2 is 2.00 bits per heavy atom. The van der Waals surface area contributed by atoms with Crippen LogP contribution in [0.5, 0.6) is 0 Å². The summed E-state index contributed by atoms with van der Waals surface area (Å²) in [4.78, 5) is 14.0. The van der Waals surface area contributed by atoms with Gasteiger partial charge >= 0.3 is 6.09 Å². The van der Waals surface area contributed by atoms with E-state index in [0.29, 0.717) is 19.5 Å². The minimum Gasteiger partial charge on any atom is -0.444 e. The third-order valence-electron chi connectivity index (χ3n) is 4.62. The normalized spacial score (nSPS) is 17.6. The summed E-state index contributed by atoms with van der Waals surface area (Å²) in [6.45, 7) is 6.84. The lowest BCUT2D eigenvalue weighted by atomic mass is 9.70. The Labute approximate surface area is 143 Å². The predicted octanol–water partition coefficient (Wildman–Crippen LogP) is 3.87. The Morgan fingerprint density at radius 3 is 2.54 bits per heavy atom. The second kappa shape index (κ2) is 7.51. The number of aliphatic hydroxyl groups is 1. The molecule has 1 aromatic carbocycles. The minimum absolute atomic E-state index is 0.118. The number of ether oxygens (including phenoxy) is 1. The van der Waals surface area contributed by atoms with Gasteiger partial charge in [-0.25, -0.2) is 9.18 Å². The van der Waals surface area contributed by atoms with Crippen LogP contribution in [-0.2, 0) is 10.2 Å². The van der Waals surface area contributed by atoms with Crippen LogP contribution in [0.15, 0.2) is 24.3 Å². The van der Waals surface area contributed by atoms with Crippen molar-refractivity contribution in [3.63, 3.8) is 0 Å². The minimum atomic E-state index is -0.509. The summed E-state index contributed by atoms with van der Waals surface area (Å²) in [5.74, 6) is -0.245. The summed E-state index contributed by atoms with van der Waals surface area (Å²) in [6.07, 6.45) is 2.65. The Kier molecular flexibility index (Phi) is 5.86. The molecule has 0 atom stereocenters. The molecule has 5 heteroatoms. The smallest absolute Gasteiger partial charge is 0.410 e. The van der Waals surface area contributed by atoms with Crippen molar-refractivity contribution in [1.82, 2.24) is 4.90 Å². The van der Waals surface area contributed by atoms with Crippen LogP contribution < -0.4 is 0 Å². The summed E-state index contributed by atoms with van der Waals surface area (Å²) in [5, 5.41) is 9.22. The number of rotatable bonds is 4. The molecule has 0 spiro atoms. The molecule has 1 aliphatic rings. The first-order valence-corrected chi connectivity index (χ1v) is 8.61. The Balaban J connectivity index is 2.11. The van der Waals surface area contributed by atoms with Gasteiger partial charge in [0.15, 0.2) is 0 Å². The Hall–Kier alpha value is -1.62. The van der Waals surface area contributed by atoms with Crippen LogP contribution in [0.1, 0.15) is 52.0 Å². The van der Waals surface area contributed by atoms with Crippen LogP contribution in [0.4, 0.5) is 9.18 Å². The van der Waals surface area contributed by atoms with E-state index in [1.165, 1.54) is 6.07 Å². The molecular weight excluding hydrogens is 309 g/mol. The van der Waals surface area contributed by atoms with Gasteiger partial charge in [0.2, 0.25) is 0 Å². The molecule has 1 heterocycles. The topological polar surface area (TPSA) is 49.8 Å². The molecule has 4 nitrogen and oxygen atoms in total. The molecule has 0 saturated carbocycles. The van der Waals surface area contributed by atoms with Crippen LogP contribution in [0.25, 0.3) is 0 Å². The summed E-state index contributed by atoms with van der Waals surface area (Å²) in [6, 6.07) is 6.70. The van der Waals surface area contributed by atoms with Gasteiger partial charge in [0.25, 0.3) is 0 Å². The standard InChI is InChI=1S/C19H28FNO3/c1-18(2,3)24-17(23)21-11-9-19(10-12-21,8-5-13-22)15-6-4-7-16(20)14-15/h4,6-7,14,22H,5,8-13H2,1-3H3. The number of piperidine rings is 1. The van der Waals surface area contributed by atoms with Crippen molar-refractivity contribution >= 4 is 6.09 Å². The molecule has 0 radical (unpaired) electrons. The summed E-state index contributed by atoms with van der Waals surface area (Å²) in [5.41, 5.74) is 0.258. The van der Waals surface area contributed by atoms with Crippen molar-refractivity contribution in [3.8, 4) is 0 Å². The monoisotopic (exact) mass is 337 g/mol. The number of amides is 1. The van der Waals surface area contributed by atoms with Crippen molar-refractivity contribution in [2.75, 3.05) is 19.7 Å². The quantitative estimate of drug-likeness (QED) is 0.907. The maximum atomic E-state index is 13.7. The van der Waals surface area contributed by atoms with E-state index in [9.17, 15) is 14.3 Å². The molecule has 1 aliphatic heterocycles. The number of carbonyl (C=O) groups is 1. The highest BCUT2D eigenvalue weighted by molar-refractivity contribution is 5.68. The first-order valence-electron chi connectivity index (χ1n) is 8.61. The number of likely N-dealkylation sites (tertiary alicyclic amines) is 1. The summed E-state index contributed by atoms with van der Waals surface area (Å²) >= 11 is 0. The Morgan fingerprint density at radius 1 is 1.33 bits per heavy atom. The van der Waals surface area contributed by atoms with Crippen molar-refractivity contribution in [2.45, 2.75) is 57.5 Å². The molecule has 0 bridgehead atoms. The molecule has 0 aliphatic carbocycles. The van der Waals surface area contributed by atoms with Crippen LogP contribution in [-0.4, -0.2) is 41.4 Å². The average Bonchev–Trinajstić information content (AvgIpc) is 2.52. The van der Waals surface area contributed by atoms with Gasteiger partial charge < -0.3 is 14.7 Å². The van der Waals surface area contributed by atoms with E-state index in [0.717, 1.165) is 24.8 Å². The van der Waals surface area contributed by atoms with Gasteiger partial charge in [-0.2, -0.15) is 0 Å². The fraction of sp³-hybridized carbons (Fsp3) is 0.632. The van der Waals surface area contributed by atoms with E-state index in [1.807, 2.05) is 26.8 Å². The summed E-state index contributed by atoms with van der Waals surface area (Å²) < 4.78 is 19.1. The van der Waals surface area contributed by atoms with Gasteiger partial charge in [0, 0.05) is 19.7 Å². The average molecular weight is 337 g/mol. The van der Waals surface area contributed by atoms with Crippen LogP contribution in [0.2, 0.25) is 0 Å². The highest BCUT2D eigenvalue weighted by Gasteiger charge is 2.38. The van der Waals surface area contributed by atoms with Crippen molar-refractivity contribution in [3.05, 3.63) is 35.6 Å². The van der Waals surface area contributed by atoms with Crippen molar-refractivity contribution in [2.24, 2.45) is 0 Å². The van der Waals surface area contributed by atoms with Crippen molar-refractivity contribution < 1.29 is 19.0 Å². The van der Waals surface area contributed by atoms with Crippen LogP contribution >= 0.6 is 0 Å². The lowest BCUT2D eigenvalue weighted by Gasteiger charge is -2.42. The number of nitrogens with zero attached hydrogens (tertiary/aromatic N) is 1. The largest absolute Gasteiger partial charge is 0.444 e. The molecule has 0 unspecified atom stereocenters. The molecule has 1 amide bonds. The van der Waals surface area contributed by atoms with Crippen molar-refractivity contribution in [1.29, 1.82) is 0 Å². The molecule has 2 rings (SSSR count). The number of carbonyl (C=O) groups excluding carboxylic acids is 1. The van der Waals surface area contributed by atoms with Gasteiger partial charge in [0.05, 0.1) is 0 Å². The molecule has 1 saturated heterocycles. The van der Waals surface area contributed by atoms with E-state index >= 15 is 0 Å².